The van der Waals surface area contributed by atoms with E-state index in [4.69, 9.17) is 4.74 Å². The highest BCUT2D eigenvalue weighted by Crippen LogP contribution is 2.29. The molecule has 0 radical (unpaired) electrons. The Labute approximate surface area is 95.5 Å². The lowest BCUT2D eigenvalue weighted by atomic mass is 10.3. The molecule has 0 amide bonds. The summed E-state index contributed by atoms with van der Waals surface area (Å²) in [6.45, 7) is -0.0380. The van der Waals surface area contributed by atoms with Crippen molar-refractivity contribution in [3.05, 3.63) is 22.7 Å². The van der Waals surface area contributed by atoms with Crippen molar-refractivity contribution in [2.24, 2.45) is 0 Å². The third-order valence-electron chi connectivity index (χ3n) is 1.50. The first-order valence-electron chi connectivity index (χ1n) is 4.07. The number of methoxy groups -OCH3 is 1. The summed E-state index contributed by atoms with van der Waals surface area (Å²) in [4.78, 5) is 0.940. The van der Waals surface area contributed by atoms with E-state index in [9.17, 15) is 4.39 Å². The Bertz CT molecular complexity index is 298. The average molecular weight is 280 g/mol. The Kier molecular flexibility index (Phi) is 5.29. The van der Waals surface area contributed by atoms with Crippen molar-refractivity contribution in [2.45, 2.75) is 4.90 Å². The van der Waals surface area contributed by atoms with Crippen LogP contribution in [0.2, 0.25) is 0 Å². The first kappa shape index (κ1) is 11.8. The summed E-state index contributed by atoms with van der Waals surface area (Å²) in [5.74, 6) is 0.782. The number of rotatable bonds is 5. The van der Waals surface area contributed by atoms with Gasteiger partial charge in [-0.2, -0.15) is 0 Å². The van der Waals surface area contributed by atoms with Crippen LogP contribution in [0.4, 0.5) is 4.39 Å². The quantitative estimate of drug-likeness (QED) is 0.661. The lowest BCUT2D eigenvalue weighted by Gasteiger charge is -2.08. The average Bonchev–Trinajstić information content (AvgIpc) is 2.19. The van der Waals surface area contributed by atoms with Gasteiger partial charge in [0.1, 0.15) is 12.4 Å². The molecule has 0 atom stereocenters. The van der Waals surface area contributed by atoms with Crippen LogP contribution in [0.15, 0.2) is 27.6 Å². The lowest BCUT2D eigenvalue weighted by Crippen LogP contribution is -2.06. The molecule has 0 unspecified atom stereocenters. The van der Waals surface area contributed by atoms with Crippen LogP contribution in [-0.2, 0) is 0 Å². The zero-order chi connectivity index (χ0) is 10.4. The van der Waals surface area contributed by atoms with Gasteiger partial charge in [0.25, 0.3) is 0 Å². The van der Waals surface area contributed by atoms with Crippen LogP contribution in [-0.4, -0.2) is 20.3 Å². The number of benzene rings is 1. The molecule has 0 spiro atoms. The molecule has 1 rings (SSSR count). The monoisotopic (exact) mass is 279 g/mol. The van der Waals surface area contributed by atoms with Crippen LogP contribution in [0.3, 0.4) is 0 Å². The second-order valence-corrected chi connectivity index (χ2v) is 4.33. The maximum Gasteiger partial charge on any atom is 0.133 e. The molecule has 0 saturated heterocycles. The van der Waals surface area contributed by atoms with Gasteiger partial charge in [-0.3, -0.25) is 4.72 Å². The SMILES string of the molecule is COc1ccc(Br)cc1SNCCF. The molecule has 1 aromatic rings. The van der Waals surface area contributed by atoms with Crippen LogP contribution in [0.5, 0.6) is 5.75 Å². The summed E-state index contributed by atoms with van der Waals surface area (Å²) < 4.78 is 20.9. The second kappa shape index (κ2) is 6.27. The van der Waals surface area contributed by atoms with E-state index < -0.39 is 0 Å². The smallest absolute Gasteiger partial charge is 0.133 e. The molecule has 78 valence electrons. The predicted octanol–water partition coefficient (Wildman–Crippen LogP) is 3.02. The van der Waals surface area contributed by atoms with Crippen molar-refractivity contribution in [1.82, 2.24) is 4.72 Å². The van der Waals surface area contributed by atoms with Crippen LogP contribution in [0.25, 0.3) is 0 Å². The Hall–Kier alpha value is -0.260. The highest BCUT2D eigenvalue weighted by molar-refractivity contribution is 9.10. The molecular weight excluding hydrogens is 269 g/mol. The minimum atomic E-state index is -0.372. The molecule has 0 heterocycles. The first-order chi connectivity index (χ1) is 6.77. The van der Waals surface area contributed by atoms with Gasteiger partial charge in [-0.15, -0.1) is 0 Å². The fraction of sp³-hybridized carbons (Fsp3) is 0.333. The fourth-order valence-electron chi connectivity index (χ4n) is 0.898. The van der Waals surface area contributed by atoms with E-state index in [1.165, 1.54) is 11.9 Å². The number of halogens is 2. The van der Waals surface area contributed by atoms with E-state index in [-0.39, 0.29) is 6.67 Å². The van der Waals surface area contributed by atoms with E-state index in [0.717, 1.165) is 15.1 Å². The molecule has 0 fully saturated rings. The molecule has 14 heavy (non-hydrogen) atoms. The maximum atomic E-state index is 11.8. The standard InChI is InChI=1S/C9H11BrFNOS/c1-13-8-3-2-7(10)6-9(8)14-12-5-4-11/h2-3,6,12H,4-5H2,1H3. The second-order valence-electron chi connectivity index (χ2n) is 2.48. The van der Waals surface area contributed by atoms with Crippen molar-refractivity contribution >= 4 is 27.9 Å². The Morgan fingerprint density at radius 1 is 1.57 bits per heavy atom. The predicted molar refractivity (Wildman–Crippen MR) is 60.5 cm³/mol. The molecule has 2 nitrogen and oxygen atoms in total. The highest BCUT2D eigenvalue weighted by atomic mass is 79.9. The summed E-state index contributed by atoms with van der Waals surface area (Å²) in [5, 5.41) is 0. The van der Waals surface area contributed by atoms with Gasteiger partial charge in [0.2, 0.25) is 0 Å². The number of ether oxygens (including phenoxy) is 1. The maximum absolute atomic E-state index is 11.8. The molecule has 0 aliphatic heterocycles. The van der Waals surface area contributed by atoms with E-state index in [1.807, 2.05) is 18.2 Å². The minimum Gasteiger partial charge on any atom is -0.496 e. The summed E-state index contributed by atoms with van der Waals surface area (Å²) in [5.41, 5.74) is 0. The highest BCUT2D eigenvalue weighted by Gasteiger charge is 2.03. The van der Waals surface area contributed by atoms with Crippen molar-refractivity contribution in [3.63, 3.8) is 0 Å². The van der Waals surface area contributed by atoms with Crippen molar-refractivity contribution in [1.29, 1.82) is 0 Å². The van der Waals surface area contributed by atoms with Gasteiger partial charge < -0.3 is 4.74 Å². The Morgan fingerprint density at radius 2 is 2.36 bits per heavy atom. The van der Waals surface area contributed by atoms with Crippen LogP contribution in [0, 0.1) is 0 Å². The van der Waals surface area contributed by atoms with Crippen molar-refractivity contribution < 1.29 is 9.13 Å². The van der Waals surface area contributed by atoms with E-state index in [2.05, 4.69) is 20.7 Å². The third-order valence-corrected chi connectivity index (χ3v) is 2.89. The van der Waals surface area contributed by atoms with E-state index >= 15 is 0 Å². The molecular formula is C9H11BrFNOS. The molecule has 0 bridgehead atoms. The molecule has 0 aliphatic carbocycles. The van der Waals surface area contributed by atoms with Crippen molar-refractivity contribution in [2.75, 3.05) is 20.3 Å². The normalized spacial score (nSPS) is 10.2. The van der Waals surface area contributed by atoms with Gasteiger partial charge in [-0.05, 0) is 30.1 Å². The van der Waals surface area contributed by atoms with Gasteiger partial charge in [0.15, 0.2) is 0 Å². The summed E-state index contributed by atoms with van der Waals surface area (Å²) in [6, 6.07) is 5.69. The molecule has 5 heteroatoms. The number of alkyl halides is 1. The Balaban J connectivity index is 2.67. The molecule has 0 aliphatic rings. The molecule has 1 aromatic carbocycles. The van der Waals surface area contributed by atoms with Gasteiger partial charge in [-0.25, -0.2) is 4.39 Å². The van der Waals surface area contributed by atoms with Crippen molar-refractivity contribution in [3.8, 4) is 5.75 Å². The number of hydrogen-bond donors (Lipinski definition) is 1. The van der Waals surface area contributed by atoms with Gasteiger partial charge in [-0.1, -0.05) is 15.9 Å². The minimum absolute atomic E-state index is 0.334. The zero-order valence-corrected chi connectivity index (χ0v) is 10.1. The molecule has 0 saturated carbocycles. The van der Waals surface area contributed by atoms with Gasteiger partial charge in [0, 0.05) is 11.0 Å². The number of nitrogens with one attached hydrogen (secondary N) is 1. The largest absolute Gasteiger partial charge is 0.496 e. The summed E-state index contributed by atoms with van der Waals surface area (Å²) >= 11 is 4.73. The van der Waals surface area contributed by atoms with E-state index in [0.29, 0.717) is 6.54 Å². The molecule has 0 aromatic heterocycles. The van der Waals surface area contributed by atoms with Crippen LogP contribution in [0.1, 0.15) is 0 Å². The lowest BCUT2D eigenvalue weighted by molar-refractivity contribution is 0.404. The third kappa shape index (κ3) is 3.48. The van der Waals surface area contributed by atoms with Crippen LogP contribution >= 0.6 is 27.9 Å². The summed E-state index contributed by atoms with van der Waals surface area (Å²) in [7, 11) is 1.61. The van der Waals surface area contributed by atoms with Gasteiger partial charge >= 0.3 is 0 Å². The fourth-order valence-corrected chi connectivity index (χ4v) is 2.18. The topological polar surface area (TPSA) is 21.3 Å². The van der Waals surface area contributed by atoms with Crippen LogP contribution < -0.4 is 9.46 Å². The van der Waals surface area contributed by atoms with E-state index in [1.54, 1.807) is 7.11 Å². The first-order valence-corrected chi connectivity index (χ1v) is 5.68. The Morgan fingerprint density at radius 3 is 3.00 bits per heavy atom. The summed E-state index contributed by atoms with van der Waals surface area (Å²) in [6.07, 6.45) is 0. The number of hydrogen-bond acceptors (Lipinski definition) is 3. The zero-order valence-electron chi connectivity index (χ0n) is 7.72. The van der Waals surface area contributed by atoms with Gasteiger partial charge in [0.05, 0.1) is 12.0 Å². The molecule has 1 N–H and O–H groups in total.